The van der Waals surface area contributed by atoms with E-state index >= 15 is 0 Å². The highest BCUT2D eigenvalue weighted by molar-refractivity contribution is 5.92. The maximum Gasteiger partial charge on any atom is 0.238 e. The molecule has 0 aliphatic heterocycles. The third-order valence-corrected chi connectivity index (χ3v) is 3.14. The van der Waals surface area contributed by atoms with Crippen LogP contribution < -0.4 is 5.32 Å². The summed E-state index contributed by atoms with van der Waals surface area (Å²) in [5.74, 6) is -0.130. The Bertz CT molecular complexity index is 483. The van der Waals surface area contributed by atoms with Crippen molar-refractivity contribution in [2.45, 2.75) is 26.2 Å². The maximum absolute atomic E-state index is 12.0. The van der Waals surface area contributed by atoms with Crippen LogP contribution in [0.3, 0.4) is 0 Å². The molecule has 0 radical (unpaired) electrons. The number of hydrogen-bond acceptors (Lipinski definition) is 4. The van der Waals surface area contributed by atoms with Gasteiger partial charge in [0.1, 0.15) is 0 Å². The van der Waals surface area contributed by atoms with Crippen molar-refractivity contribution in [3.8, 4) is 6.07 Å². The summed E-state index contributed by atoms with van der Waals surface area (Å²) in [6.45, 7) is 3.73. The number of rotatable bonds is 9. The number of nitrogens with zero attached hydrogens (tertiary/aromatic N) is 2. The Morgan fingerprint density at radius 2 is 2.19 bits per heavy atom. The Hall–Kier alpha value is -1.90. The average molecular weight is 289 g/mol. The summed E-state index contributed by atoms with van der Waals surface area (Å²) in [5, 5.41) is 20.7. The van der Waals surface area contributed by atoms with Crippen LogP contribution in [0, 0.1) is 11.3 Å². The van der Waals surface area contributed by atoms with E-state index in [0.29, 0.717) is 17.8 Å². The molecule has 2 N–H and O–H groups in total. The first-order valence-corrected chi connectivity index (χ1v) is 7.32. The van der Waals surface area contributed by atoms with E-state index in [0.717, 1.165) is 25.8 Å². The third kappa shape index (κ3) is 6.89. The van der Waals surface area contributed by atoms with Gasteiger partial charge < -0.3 is 10.4 Å². The standard InChI is InChI=1S/C16H23N3O2/c1-2-3-4-8-19(9-10-20)13-16(21)18-15-7-5-6-14(11-15)12-17/h5-7,11,20H,2-4,8-10,13H2,1H3,(H,18,21). The average Bonchev–Trinajstić information content (AvgIpc) is 2.47. The van der Waals surface area contributed by atoms with Gasteiger partial charge in [0, 0.05) is 12.2 Å². The summed E-state index contributed by atoms with van der Waals surface area (Å²) in [7, 11) is 0. The van der Waals surface area contributed by atoms with E-state index in [1.165, 1.54) is 0 Å². The van der Waals surface area contributed by atoms with Crippen LogP contribution in [-0.4, -0.2) is 42.2 Å². The number of anilines is 1. The Kier molecular flexibility index (Phi) is 8.10. The molecular formula is C16H23N3O2. The van der Waals surface area contributed by atoms with Gasteiger partial charge in [0.05, 0.1) is 24.8 Å². The van der Waals surface area contributed by atoms with Crippen molar-refractivity contribution in [1.82, 2.24) is 4.90 Å². The van der Waals surface area contributed by atoms with Gasteiger partial charge in [-0.15, -0.1) is 0 Å². The molecule has 0 heterocycles. The molecule has 114 valence electrons. The van der Waals surface area contributed by atoms with Gasteiger partial charge >= 0.3 is 0 Å². The van der Waals surface area contributed by atoms with Crippen LogP contribution >= 0.6 is 0 Å². The molecular weight excluding hydrogens is 266 g/mol. The monoisotopic (exact) mass is 289 g/mol. The second-order valence-corrected chi connectivity index (χ2v) is 4.95. The van der Waals surface area contributed by atoms with Gasteiger partial charge in [-0.25, -0.2) is 0 Å². The predicted octanol–water partition coefficient (Wildman–Crippen LogP) is 1.98. The molecule has 0 fully saturated rings. The predicted molar refractivity (Wildman–Crippen MR) is 82.8 cm³/mol. The molecule has 0 bridgehead atoms. The van der Waals surface area contributed by atoms with Gasteiger partial charge in [0.2, 0.25) is 5.91 Å². The second-order valence-electron chi connectivity index (χ2n) is 4.95. The van der Waals surface area contributed by atoms with Crippen LogP contribution in [-0.2, 0) is 4.79 Å². The SMILES string of the molecule is CCCCCN(CCO)CC(=O)Nc1cccc(C#N)c1. The van der Waals surface area contributed by atoms with E-state index < -0.39 is 0 Å². The van der Waals surface area contributed by atoms with E-state index in [1.807, 2.05) is 11.0 Å². The first-order valence-electron chi connectivity index (χ1n) is 7.32. The lowest BCUT2D eigenvalue weighted by Gasteiger charge is -2.20. The summed E-state index contributed by atoms with van der Waals surface area (Å²) in [6.07, 6.45) is 3.27. The number of unbranched alkanes of at least 4 members (excludes halogenated alkanes) is 2. The topological polar surface area (TPSA) is 76.4 Å². The Labute approximate surface area is 126 Å². The molecule has 1 rings (SSSR count). The van der Waals surface area contributed by atoms with Crippen molar-refractivity contribution < 1.29 is 9.90 Å². The molecule has 0 saturated carbocycles. The zero-order valence-electron chi connectivity index (χ0n) is 12.5. The van der Waals surface area contributed by atoms with Crippen molar-refractivity contribution in [2.75, 3.05) is 31.6 Å². The van der Waals surface area contributed by atoms with Crippen molar-refractivity contribution in [3.05, 3.63) is 29.8 Å². The lowest BCUT2D eigenvalue weighted by molar-refractivity contribution is -0.117. The molecule has 1 aromatic rings. The quantitative estimate of drug-likeness (QED) is 0.682. The van der Waals surface area contributed by atoms with Crippen LogP contribution in [0.1, 0.15) is 31.7 Å². The maximum atomic E-state index is 12.0. The number of carbonyl (C=O) groups excluding carboxylic acids is 1. The number of hydrogen-bond donors (Lipinski definition) is 2. The highest BCUT2D eigenvalue weighted by atomic mass is 16.3. The van der Waals surface area contributed by atoms with Crippen LogP contribution in [0.4, 0.5) is 5.69 Å². The zero-order valence-corrected chi connectivity index (χ0v) is 12.5. The van der Waals surface area contributed by atoms with Gasteiger partial charge in [-0.2, -0.15) is 5.26 Å². The lowest BCUT2D eigenvalue weighted by Crippen LogP contribution is -2.36. The molecule has 5 heteroatoms. The largest absolute Gasteiger partial charge is 0.395 e. The lowest BCUT2D eigenvalue weighted by atomic mass is 10.2. The molecule has 0 aliphatic rings. The van der Waals surface area contributed by atoms with E-state index in [1.54, 1.807) is 24.3 Å². The van der Waals surface area contributed by atoms with Crippen molar-refractivity contribution in [1.29, 1.82) is 5.26 Å². The summed E-state index contributed by atoms with van der Waals surface area (Å²) in [6, 6.07) is 8.87. The fourth-order valence-corrected chi connectivity index (χ4v) is 2.07. The number of nitrogens with one attached hydrogen (secondary N) is 1. The number of benzene rings is 1. The van der Waals surface area contributed by atoms with Crippen LogP contribution in [0.2, 0.25) is 0 Å². The van der Waals surface area contributed by atoms with Crippen molar-refractivity contribution in [2.24, 2.45) is 0 Å². The summed E-state index contributed by atoms with van der Waals surface area (Å²) >= 11 is 0. The van der Waals surface area contributed by atoms with Crippen molar-refractivity contribution >= 4 is 11.6 Å². The minimum atomic E-state index is -0.130. The Balaban J connectivity index is 2.50. The summed E-state index contributed by atoms with van der Waals surface area (Å²) in [5.41, 5.74) is 1.14. The second kappa shape index (κ2) is 9.92. The molecule has 0 aromatic heterocycles. The normalized spacial score (nSPS) is 10.4. The smallest absolute Gasteiger partial charge is 0.238 e. The summed E-state index contributed by atoms with van der Waals surface area (Å²) < 4.78 is 0. The van der Waals surface area contributed by atoms with E-state index in [4.69, 9.17) is 10.4 Å². The van der Waals surface area contributed by atoms with Gasteiger partial charge in [-0.3, -0.25) is 9.69 Å². The molecule has 0 spiro atoms. The van der Waals surface area contributed by atoms with Gasteiger partial charge in [0.15, 0.2) is 0 Å². The molecule has 1 aromatic carbocycles. The molecule has 0 atom stereocenters. The van der Waals surface area contributed by atoms with Gasteiger partial charge in [0.25, 0.3) is 0 Å². The first kappa shape index (κ1) is 17.2. The fraction of sp³-hybridized carbons (Fsp3) is 0.500. The minimum absolute atomic E-state index is 0.0450. The van der Waals surface area contributed by atoms with Crippen LogP contribution in [0.25, 0.3) is 0 Å². The molecule has 0 unspecified atom stereocenters. The highest BCUT2D eigenvalue weighted by Crippen LogP contribution is 2.09. The van der Waals surface area contributed by atoms with E-state index in [2.05, 4.69) is 12.2 Å². The van der Waals surface area contributed by atoms with Crippen LogP contribution in [0.5, 0.6) is 0 Å². The molecule has 5 nitrogen and oxygen atoms in total. The minimum Gasteiger partial charge on any atom is -0.395 e. The van der Waals surface area contributed by atoms with Crippen molar-refractivity contribution in [3.63, 3.8) is 0 Å². The van der Waals surface area contributed by atoms with Gasteiger partial charge in [-0.1, -0.05) is 25.8 Å². The number of amides is 1. The third-order valence-electron chi connectivity index (χ3n) is 3.14. The number of aliphatic hydroxyl groups is 1. The number of nitriles is 1. The number of aliphatic hydroxyl groups excluding tert-OH is 1. The molecule has 1 amide bonds. The Morgan fingerprint density at radius 3 is 2.86 bits per heavy atom. The first-order chi connectivity index (χ1) is 10.2. The van der Waals surface area contributed by atoms with E-state index in [9.17, 15) is 4.79 Å². The summed E-state index contributed by atoms with van der Waals surface area (Å²) in [4.78, 5) is 14.0. The molecule has 0 aliphatic carbocycles. The molecule has 21 heavy (non-hydrogen) atoms. The fourth-order valence-electron chi connectivity index (χ4n) is 2.07. The molecule has 0 saturated heterocycles. The van der Waals surface area contributed by atoms with E-state index in [-0.39, 0.29) is 19.1 Å². The highest BCUT2D eigenvalue weighted by Gasteiger charge is 2.10. The number of carbonyl (C=O) groups is 1. The Morgan fingerprint density at radius 1 is 1.38 bits per heavy atom. The van der Waals surface area contributed by atoms with Crippen LogP contribution in [0.15, 0.2) is 24.3 Å². The van der Waals surface area contributed by atoms with Gasteiger partial charge in [-0.05, 0) is 31.2 Å². The zero-order chi connectivity index (χ0) is 15.5.